The second-order valence-corrected chi connectivity index (χ2v) is 7.98. The molecule has 0 spiro atoms. The summed E-state index contributed by atoms with van der Waals surface area (Å²) in [6, 6.07) is 6.71. The fraction of sp³-hybridized carbons (Fsp3) is 0.550. The Kier molecular flexibility index (Phi) is 3.48. The number of carbonyl (C=O) groups is 1. The fourth-order valence-corrected chi connectivity index (χ4v) is 4.73. The fourth-order valence-electron chi connectivity index (χ4n) is 4.73. The monoisotopic (exact) mass is 328 g/mol. The molecule has 0 amide bonds. The number of nitrogens with zero attached hydrogens (tertiary/aromatic N) is 2. The van der Waals surface area contributed by atoms with E-state index in [2.05, 4.69) is 30.6 Å². The highest BCUT2D eigenvalue weighted by Crippen LogP contribution is 2.68. The van der Waals surface area contributed by atoms with Gasteiger partial charge in [0.05, 0.1) is 0 Å². The van der Waals surface area contributed by atoms with Crippen LogP contribution in [0.3, 0.4) is 0 Å². The minimum atomic E-state index is -0.195. The van der Waals surface area contributed by atoms with E-state index >= 15 is 0 Å². The summed E-state index contributed by atoms with van der Waals surface area (Å²) in [7, 11) is 0. The van der Waals surface area contributed by atoms with E-state index in [1.807, 2.05) is 12.1 Å². The molecule has 1 aliphatic heterocycles. The SMILES string of the molecule is CC(=C1C(=O)CC2C1C2(C)C)N1CCN(c2ccc(F)cc2)CC1. The van der Waals surface area contributed by atoms with Crippen LogP contribution < -0.4 is 4.90 Å². The van der Waals surface area contributed by atoms with Gasteiger partial charge >= 0.3 is 0 Å². The summed E-state index contributed by atoms with van der Waals surface area (Å²) < 4.78 is 13.1. The molecule has 0 radical (unpaired) electrons. The minimum Gasteiger partial charge on any atom is -0.371 e. The topological polar surface area (TPSA) is 23.6 Å². The molecule has 1 saturated heterocycles. The Morgan fingerprint density at radius 2 is 1.75 bits per heavy atom. The molecule has 4 rings (SSSR count). The van der Waals surface area contributed by atoms with Crippen LogP contribution in [0.5, 0.6) is 0 Å². The maximum atomic E-state index is 13.1. The van der Waals surface area contributed by atoms with E-state index in [1.165, 1.54) is 17.8 Å². The smallest absolute Gasteiger partial charge is 0.161 e. The van der Waals surface area contributed by atoms with Crippen LogP contribution in [-0.2, 0) is 4.79 Å². The Balaban J connectivity index is 1.47. The van der Waals surface area contributed by atoms with Crippen molar-refractivity contribution in [2.45, 2.75) is 27.2 Å². The average Bonchev–Trinajstić information content (AvgIpc) is 2.92. The number of anilines is 1. The predicted octanol–water partition coefficient (Wildman–Crippen LogP) is 3.47. The van der Waals surface area contributed by atoms with Crippen LogP contribution in [0.4, 0.5) is 10.1 Å². The lowest BCUT2D eigenvalue weighted by Gasteiger charge is -2.38. The van der Waals surface area contributed by atoms with Gasteiger partial charge in [-0.15, -0.1) is 0 Å². The number of ketones is 1. The molecule has 2 atom stereocenters. The van der Waals surface area contributed by atoms with Gasteiger partial charge in [0, 0.05) is 49.6 Å². The van der Waals surface area contributed by atoms with E-state index in [-0.39, 0.29) is 5.82 Å². The predicted molar refractivity (Wildman–Crippen MR) is 93.3 cm³/mol. The van der Waals surface area contributed by atoms with Gasteiger partial charge in [0.2, 0.25) is 0 Å². The highest BCUT2D eigenvalue weighted by molar-refractivity contribution is 6.01. The Bertz CT molecular complexity index is 699. The van der Waals surface area contributed by atoms with Crippen molar-refractivity contribution in [3.8, 4) is 0 Å². The Labute approximate surface area is 143 Å². The van der Waals surface area contributed by atoms with Gasteiger partial charge in [0.25, 0.3) is 0 Å². The van der Waals surface area contributed by atoms with Crippen LogP contribution in [-0.4, -0.2) is 36.9 Å². The first-order valence-corrected chi connectivity index (χ1v) is 8.89. The number of allylic oxidation sites excluding steroid dienone is 2. The van der Waals surface area contributed by atoms with Crippen LogP contribution in [0.15, 0.2) is 35.5 Å². The number of fused-ring (bicyclic) bond motifs is 1. The number of halogens is 1. The Hall–Kier alpha value is -1.84. The van der Waals surface area contributed by atoms with Gasteiger partial charge in [-0.2, -0.15) is 0 Å². The summed E-state index contributed by atoms with van der Waals surface area (Å²) >= 11 is 0. The molecule has 0 bridgehead atoms. The van der Waals surface area contributed by atoms with Crippen molar-refractivity contribution in [3.63, 3.8) is 0 Å². The molecular weight excluding hydrogens is 303 g/mol. The maximum Gasteiger partial charge on any atom is 0.161 e. The van der Waals surface area contributed by atoms with Crippen molar-refractivity contribution in [2.24, 2.45) is 17.3 Å². The van der Waals surface area contributed by atoms with Gasteiger partial charge in [0.1, 0.15) is 5.82 Å². The highest BCUT2D eigenvalue weighted by atomic mass is 19.1. The van der Waals surface area contributed by atoms with Crippen molar-refractivity contribution < 1.29 is 9.18 Å². The largest absolute Gasteiger partial charge is 0.371 e. The average molecular weight is 328 g/mol. The molecule has 1 heterocycles. The van der Waals surface area contributed by atoms with Gasteiger partial charge in [-0.1, -0.05) is 13.8 Å². The van der Waals surface area contributed by atoms with E-state index in [0.717, 1.165) is 43.9 Å². The van der Waals surface area contributed by atoms with Crippen molar-refractivity contribution >= 4 is 11.5 Å². The second kappa shape index (κ2) is 5.33. The third-order valence-corrected chi connectivity index (χ3v) is 6.40. The van der Waals surface area contributed by atoms with Crippen LogP contribution in [0, 0.1) is 23.1 Å². The summed E-state index contributed by atoms with van der Waals surface area (Å²) in [6.07, 6.45) is 0.736. The standard InChI is InChI=1S/C20H25FN2O/c1-13(18-17(24)12-16-19(18)20(16,2)3)22-8-10-23(11-9-22)15-6-4-14(21)5-7-15/h4-7,16,19H,8-12H2,1-3H3. The summed E-state index contributed by atoms with van der Waals surface area (Å²) in [5, 5.41) is 0. The molecule has 2 saturated carbocycles. The molecule has 1 aromatic carbocycles. The molecular formula is C20H25FN2O. The van der Waals surface area contributed by atoms with Gasteiger partial charge in [-0.05, 0) is 48.4 Å². The number of piperazine rings is 1. The first-order chi connectivity index (χ1) is 11.4. The Morgan fingerprint density at radius 1 is 1.12 bits per heavy atom. The van der Waals surface area contributed by atoms with Crippen molar-refractivity contribution in [1.82, 2.24) is 4.90 Å². The highest BCUT2D eigenvalue weighted by Gasteiger charge is 2.65. The Morgan fingerprint density at radius 3 is 2.33 bits per heavy atom. The summed E-state index contributed by atoms with van der Waals surface area (Å²) in [6.45, 7) is 10.3. The zero-order valence-electron chi connectivity index (χ0n) is 14.7. The van der Waals surface area contributed by atoms with Crippen LogP contribution in [0.25, 0.3) is 0 Å². The van der Waals surface area contributed by atoms with Crippen LogP contribution in [0.1, 0.15) is 27.2 Å². The molecule has 128 valence electrons. The summed E-state index contributed by atoms with van der Waals surface area (Å²) in [5.74, 6) is 1.21. The second-order valence-electron chi connectivity index (χ2n) is 7.98. The first kappa shape index (κ1) is 15.7. The zero-order chi connectivity index (χ0) is 17.1. The van der Waals surface area contributed by atoms with Crippen LogP contribution in [0.2, 0.25) is 0 Å². The number of hydrogen-bond acceptors (Lipinski definition) is 3. The molecule has 2 unspecified atom stereocenters. The van der Waals surface area contributed by atoms with Crippen molar-refractivity contribution in [1.29, 1.82) is 0 Å². The number of benzene rings is 1. The van der Waals surface area contributed by atoms with Gasteiger partial charge in [-0.3, -0.25) is 4.79 Å². The van der Waals surface area contributed by atoms with E-state index in [9.17, 15) is 9.18 Å². The summed E-state index contributed by atoms with van der Waals surface area (Å²) in [4.78, 5) is 17.0. The van der Waals surface area contributed by atoms with Crippen molar-refractivity contribution in [2.75, 3.05) is 31.1 Å². The van der Waals surface area contributed by atoms with E-state index in [0.29, 0.717) is 23.0 Å². The molecule has 0 aromatic heterocycles. The molecule has 1 aromatic rings. The van der Waals surface area contributed by atoms with E-state index < -0.39 is 0 Å². The normalized spacial score (nSPS) is 30.4. The summed E-state index contributed by atoms with van der Waals surface area (Å²) in [5.41, 5.74) is 3.67. The quantitative estimate of drug-likeness (QED) is 0.777. The molecule has 4 heteroatoms. The van der Waals surface area contributed by atoms with E-state index in [4.69, 9.17) is 0 Å². The number of rotatable bonds is 2. The lowest BCUT2D eigenvalue weighted by Crippen LogP contribution is -2.46. The maximum absolute atomic E-state index is 13.1. The first-order valence-electron chi connectivity index (χ1n) is 8.89. The third kappa shape index (κ3) is 2.35. The molecule has 3 fully saturated rings. The third-order valence-electron chi connectivity index (χ3n) is 6.40. The van der Waals surface area contributed by atoms with E-state index in [1.54, 1.807) is 0 Å². The number of hydrogen-bond donors (Lipinski definition) is 0. The van der Waals surface area contributed by atoms with Crippen LogP contribution >= 0.6 is 0 Å². The molecule has 3 nitrogen and oxygen atoms in total. The zero-order valence-corrected chi connectivity index (χ0v) is 14.7. The molecule has 2 aliphatic carbocycles. The lowest BCUT2D eigenvalue weighted by molar-refractivity contribution is -0.115. The number of carbonyl (C=O) groups excluding carboxylic acids is 1. The van der Waals surface area contributed by atoms with Gasteiger partial charge in [-0.25, -0.2) is 4.39 Å². The number of Topliss-reactive ketones (excluding diaryl/α,β-unsaturated/α-hetero) is 1. The van der Waals surface area contributed by atoms with Crippen molar-refractivity contribution in [3.05, 3.63) is 41.4 Å². The minimum absolute atomic E-state index is 0.195. The molecule has 24 heavy (non-hydrogen) atoms. The molecule has 3 aliphatic rings. The lowest BCUT2D eigenvalue weighted by atomic mass is 9.95. The van der Waals surface area contributed by atoms with Gasteiger partial charge < -0.3 is 9.80 Å². The molecule has 0 N–H and O–H groups in total. The van der Waals surface area contributed by atoms with Gasteiger partial charge in [0.15, 0.2) is 5.78 Å².